The van der Waals surface area contributed by atoms with Gasteiger partial charge in [0.05, 0.1) is 39.5 Å². The predicted octanol–water partition coefficient (Wildman–Crippen LogP) is 6.82. The van der Waals surface area contributed by atoms with Gasteiger partial charge in [-0.2, -0.15) is 0 Å². The summed E-state index contributed by atoms with van der Waals surface area (Å²) < 4.78 is 40.8. The third kappa shape index (κ3) is 10.5. The summed E-state index contributed by atoms with van der Waals surface area (Å²) in [5, 5.41) is 0. The molecule has 0 radical (unpaired) electrons. The number of carbonyl (C=O) groups excluding carboxylic acids is 2. The van der Waals surface area contributed by atoms with Gasteiger partial charge in [-0.05, 0) is 75.9 Å². The fraction of sp³-hybridized carbons (Fsp3) is 0.487. The van der Waals surface area contributed by atoms with Crippen molar-refractivity contribution < 1.29 is 42.7 Å². The molecule has 0 spiro atoms. The topological polar surface area (TPSA) is 105 Å². The monoisotopic (exact) mass is 690 g/mol. The maximum Gasteiger partial charge on any atom is 0.410 e. The first-order chi connectivity index (χ1) is 24.1. The van der Waals surface area contributed by atoms with Gasteiger partial charge >= 0.3 is 12.2 Å². The second kappa shape index (κ2) is 17.4. The molecule has 2 aliphatic heterocycles. The number of piperidine rings is 1. The zero-order valence-electron chi connectivity index (χ0n) is 29.8. The van der Waals surface area contributed by atoms with Crippen LogP contribution < -0.4 is 14.2 Å². The smallest absolute Gasteiger partial charge is 0.410 e. The number of nitrogens with zero attached hydrogens (tertiary/aromatic N) is 2. The lowest BCUT2D eigenvalue weighted by atomic mass is 9.87. The van der Waals surface area contributed by atoms with E-state index >= 15 is 0 Å². The van der Waals surface area contributed by atoms with Gasteiger partial charge < -0.3 is 43.0 Å². The summed E-state index contributed by atoms with van der Waals surface area (Å²) in [7, 11) is 1.64. The lowest BCUT2D eigenvalue weighted by Gasteiger charge is -2.39. The van der Waals surface area contributed by atoms with Crippen LogP contribution in [0.1, 0.15) is 56.7 Å². The third-order valence-electron chi connectivity index (χ3n) is 8.63. The van der Waals surface area contributed by atoms with E-state index in [2.05, 4.69) is 12.1 Å². The highest BCUT2D eigenvalue weighted by Crippen LogP contribution is 2.33. The van der Waals surface area contributed by atoms with Crippen LogP contribution in [0.4, 0.5) is 9.59 Å². The van der Waals surface area contributed by atoms with Crippen molar-refractivity contribution in [1.29, 1.82) is 0 Å². The lowest BCUT2D eigenvalue weighted by molar-refractivity contribution is -0.0763. The minimum Gasteiger partial charge on any atom is -0.496 e. The quantitative estimate of drug-likeness (QED) is 0.126. The first-order valence-electron chi connectivity index (χ1n) is 17.3. The van der Waals surface area contributed by atoms with Gasteiger partial charge in [-0.25, -0.2) is 9.59 Å². The van der Waals surface area contributed by atoms with Crippen LogP contribution in [0.2, 0.25) is 0 Å². The predicted molar refractivity (Wildman–Crippen MR) is 188 cm³/mol. The SMILES string of the molecule is COc1ccccc1COC(C)Oc1ccc(C2CCN(C(=O)OC(C)(C)C)CC2OCCOc2ccccc2CCN2CCOC2=O)cc1. The Hall–Kier alpha value is -4.48. The van der Waals surface area contributed by atoms with E-state index in [0.29, 0.717) is 71.2 Å². The normalized spacial score (nSPS) is 18.4. The van der Waals surface area contributed by atoms with E-state index in [1.807, 2.05) is 88.4 Å². The number of para-hydroxylation sites is 2. The molecular weight excluding hydrogens is 640 g/mol. The van der Waals surface area contributed by atoms with E-state index < -0.39 is 11.9 Å². The summed E-state index contributed by atoms with van der Waals surface area (Å²) in [5.41, 5.74) is 2.47. The van der Waals surface area contributed by atoms with Gasteiger partial charge in [0.1, 0.15) is 36.1 Å². The number of hydrogen-bond acceptors (Lipinski definition) is 9. The van der Waals surface area contributed by atoms with Crippen LogP contribution in [0.3, 0.4) is 0 Å². The van der Waals surface area contributed by atoms with E-state index in [-0.39, 0.29) is 24.2 Å². The van der Waals surface area contributed by atoms with E-state index in [1.165, 1.54) is 0 Å². The number of ether oxygens (including phenoxy) is 7. The molecule has 0 aliphatic carbocycles. The Kier molecular flexibility index (Phi) is 12.8. The fourth-order valence-electron chi connectivity index (χ4n) is 6.09. The number of amides is 2. The molecule has 5 rings (SSSR count). The van der Waals surface area contributed by atoms with Crippen molar-refractivity contribution in [3.8, 4) is 17.2 Å². The standard InChI is InChI=1S/C39H50N2O9/c1-28(48-27-31-11-7-8-12-34(31)44-5)49-32-16-14-29(15-17-32)33-19-21-41(38(43)50-39(2,3)4)26-36(33)46-25-24-45-35-13-9-6-10-30(35)18-20-40-22-23-47-37(40)42/h6-17,28,33,36H,18-27H2,1-5H3. The molecule has 11 heteroatoms. The highest BCUT2D eigenvalue weighted by atomic mass is 16.7. The van der Waals surface area contributed by atoms with Gasteiger partial charge in [-0.1, -0.05) is 48.5 Å². The van der Waals surface area contributed by atoms with Crippen molar-refractivity contribution in [1.82, 2.24) is 9.80 Å². The maximum atomic E-state index is 13.0. The zero-order chi connectivity index (χ0) is 35.5. The Balaban J connectivity index is 1.18. The summed E-state index contributed by atoms with van der Waals surface area (Å²) in [4.78, 5) is 28.3. The van der Waals surface area contributed by atoms with Gasteiger partial charge in [0.25, 0.3) is 0 Å². The Morgan fingerprint density at radius 1 is 0.940 bits per heavy atom. The Labute approximate surface area is 295 Å². The molecule has 2 amide bonds. The number of likely N-dealkylation sites (tertiary alicyclic amines) is 1. The van der Waals surface area contributed by atoms with Gasteiger partial charge in [0.15, 0.2) is 6.29 Å². The van der Waals surface area contributed by atoms with E-state index in [9.17, 15) is 9.59 Å². The molecule has 0 aromatic heterocycles. The minimum absolute atomic E-state index is 0.0504. The van der Waals surface area contributed by atoms with Gasteiger partial charge in [-0.3, -0.25) is 0 Å². The van der Waals surface area contributed by atoms with Crippen molar-refractivity contribution in [2.75, 3.05) is 53.1 Å². The minimum atomic E-state index is -0.593. The molecule has 2 heterocycles. The third-order valence-corrected chi connectivity index (χ3v) is 8.63. The second-order valence-electron chi connectivity index (χ2n) is 13.4. The van der Waals surface area contributed by atoms with E-state index in [0.717, 1.165) is 28.2 Å². The molecule has 50 heavy (non-hydrogen) atoms. The van der Waals surface area contributed by atoms with Gasteiger partial charge in [0, 0.05) is 24.6 Å². The molecule has 0 N–H and O–H groups in total. The summed E-state index contributed by atoms with van der Waals surface area (Å²) in [6.07, 6.45) is 0.0128. The molecular formula is C39H50N2O9. The number of methoxy groups -OCH3 is 1. The molecule has 2 saturated heterocycles. The molecule has 3 atom stereocenters. The highest BCUT2D eigenvalue weighted by Gasteiger charge is 2.35. The molecule has 3 aromatic rings. The first kappa shape index (κ1) is 36.8. The second-order valence-corrected chi connectivity index (χ2v) is 13.4. The number of benzene rings is 3. The molecule has 3 aromatic carbocycles. The largest absolute Gasteiger partial charge is 0.496 e. The van der Waals surface area contributed by atoms with Crippen molar-refractivity contribution in [3.05, 3.63) is 89.5 Å². The summed E-state index contributed by atoms with van der Waals surface area (Å²) >= 11 is 0. The molecule has 11 nitrogen and oxygen atoms in total. The average Bonchev–Trinajstić information content (AvgIpc) is 3.52. The Morgan fingerprint density at radius 3 is 2.36 bits per heavy atom. The van der Waals surface area contributed by atoms with Crippen LogP contribution in [0, 0.1) is 0 Å². The van der Waals surface area contributed by atoms with Crippen LogP contribution in [-0.2, 0) is 32.0 Å². The van der Waals surface area contributed by atoms with Crippen LogP contribution >= 0.6 is 0 Å². The number of rotatable bonds is 15. The molecule has 3 unspecified atom stereocenters. The van der Waals surface area contributed by atoms with Crippen molar-refractivity contribution in [2.45, 2.75) is 71.1 Å². The molecule has 0 saturated carbocycles. The van der Waals surface area contributed by atoms with Gasteiger partial charge in [0.2, 0.25) is 0 Å². The average molecular weight is 691 g/mol. The zero-order valence-corrected chi connectivity index (χ0v) is 29.8. The van der Waals surface area contributed by atoms with Crippen molar-refractivity contribution in [2.24, 2.45) is 0 Å². The van der Waals surface area contributed by atoms with Crippen LogP contribution in [0.25, 0.3) is 0 Å². The van der Waals surface area contributed by atoms with Crippen LogP contribution in [-0.4, -0.2) is 93.1 Å². The van der Waals surface area contributed by atoms with Crippen molar-refractivity contribution >= 4 is 12.2 Å². The first-order valence-corrected chi connectivity index (χ1v) is 17.3. The molecule has 2 aliphatic rings. The molecule has 2 fully saturated rings. The van der Waals surface area contributed by atoms with E-state index in [1.54, 1.807) is 16.9 Å². The maximum absolute atomic E-state index is 13.0. The van der Waals surface area contributed by atoms with Crippen LogP contribution in [0.15, 0.2) is 72.8 Å². The summed E-state index contributed by atoms with van der Waals surface area (Å²) in [5.74, 6) is 2.28. The van der Waals surface area contributed by atoms with Crippen molar-refractivity contribution in [3.63, 3.8) is 0 Å². The molecule has 0 bridgehead atoms. The Morgan fingerprint density at radius 2 is 1.66 bits per heavy atom. The highest BCUT2D eigenvalue weighted by molar-refractivity contribution is 5.69. The van der Waals surface area contributed by atoms with Crippen LogP contribution in [0.5, 0.6) is 17.2 Å². The number of hydrogen-bond donors (Lipinski definition) is 0. The van der Waals surface area contributed by atoms with E-state index in [4.69, 9.17) is 33.2 Å². The van der Waals surface area contributed by atoms with Gasteiger partial charge in [-0.15, -0.1) is 0 Å². The number of cyclic esters (lactones) is 1. The number of carbonyl (C=O) groups is 2. The lowest BCUT2D eigenvalue weighted by Crippen LogP contribution is -2.48. The fourth-order valence-corrected chi connectivity index (χ4v) is 6.09. The summed E-state index contributed by atoms with van der Waals surface area (Å²) in [6.45, 7) is 11.0. The molecule has 270 valence electrons. The summed E-state index contributed by atoms with van der Waals surface area (Å²) in [6, 6.07) is 23.6. The Bertz CT molecular complexity index is 1540.